The van der Waals surface area contributed by atoms with Crippen LogP contribution in [0.25, 0.3) is 11.3 Å². The van der Waals surface area contributed by atoms with Crippen LogP contribution in [0, 0.1) is 13.8 Å². The highest BCUT2D eigenvalue weighted by Gasteiger charge is 2.08. The number of nitrogens with zero attached hydrogens (tertiary/aromatic N) is 3. The molecule has 1 aromatic carbocycles. The number of benzene rings is 1. The first-order valence-corrected chi connectivity index (χ1v) is 7.91. The Morgan fingerprint density at radius 3 is 2.54 bits per heavy atom. The Morgan fingerprint density at radius 2 is 1.83 bits per heavy atom. The van der Waals surface area contributed by atoms with Crippen LogP contribution in [0.5, 0.6) is 5.75 Å². The van der Waals surface area contributed by atoms with E-state index in [9.17, 15) is 0 Å². The molecule has 0 bridgehead atoms. The average molecular weight is 322 g/mol. The third kappa shape index (κ3) is 3.56. The zero-order chi connectivity index (χ0) is 17.1. The highest BCUT2D eigenvalue weighted by molar-refractivity contribution is 5.64. The zero-order valence-electron chi connectivity index (χ0n) is 14.5. The van der Waals surface area contributed by atoms with Crippen molar-refractivity contribution in [3.05, 3.63) is 59.4 Å². The van der Waals surface area contributed by atoms with Crippen molar-refractivity contribution in [2.45, 2.75) is 20.4 Å². The second-order valence-corrected chi connectivity index (χ2v) is 5.88. The first-order chi connectivity index (χ1) is 11.5. The maximum Gasteiger partial charge on any atom is 0.124 e. The fraction of sp³-hybridized carbons (Fsp3) is 0.263. The lowest BCUT2D eigenvalue weighted by molar-refractivity contribution is 0.415. The van der Waals surface area contributed by atoms with E-state index in [1.807, 2.05) is 49.8 Å². The van der Waals surface area contributed by atoms with Crippen LogP contribution in [0.2, 0.25) is 0 Å². The molecule has 5 heteroatoms. The summed E-state index contributed by atoms with van der Waals surface area (Å²) in [5, 5.41) is 8.03. The highest BCUT2D eigenvalue weighted by atomic mass is 16.5. The van der Waals surface area contributed by atoms with Crippen molar-refractivity contribution >= 4 is 5.82 Å². The van der Waals surface area contributed by atoms with Crippen molar-refractivity contribution in [1.82, 2.24) is 14.8 Å². The quantitative estimate of drug-likeness (QED) is 0.778. The first kappa shape index (κ1) is 16.1. The van der Waals surface area contributed by atoms with E-state index < -0.39 is 0 Å². The average Bonchev–Trinajstić information content (AvgIpc) is 2.93. The molecule has 0 spiro atoms. The van der Waals surface area contributed by atoms with Gasteiger partial charge >= 0.3 is 0 Å². The van der Waals surface area contributed by atoms with Crippen molar-refractivity contribution < 1.29 is 4.74 Å². The number of hydrogen-bond donors (Lipinski definition) is 1. The molecular weight excluding hydrogens is 300 g/mol. The lowest BCUT2D eigenvalue weighted by Gasteiger charge is -2.07. The molecule has 124 valence electrons. The van der Waals surface area contributed by atoms with Gasteiger partial charge in [0.15, 0.2) is 0 Å². The van der Waals surface area contributed by atoms with Crippen LogP contribution in [0.1, 0.15) is 17.0 Å². The highest BCUT2D eigenvalue weighted by Crippen LogP contribution is 2.25. The number of pyridine rings is 1. The Labute approximate surface area is 142 Å². The van der Waals surface area contributed by atoms with Gasteiger partial charge < -0.3 is 10.1 Å². The van der Waals surface area contributed by atoms with E-state index in [0.717, 1.165) is 40.8 Å². The fourth-order valence-corrected chi connectivity index (χ4v) is 2.77. The summed E-state index contributed by atoms with van der Waals surface area (Å²) in [6, 6.07) is 14.2. The van der Waals surface area contributed by atoms with E-state index in [2.05, 4.69) is 33.6 Å². The van der Waals surface area contributed by atoms with Gasteiger partial charge in [-0.2, -0.15) is 5.10 Å². The molecule has 24 heavy (non-hydrogen) atoms. The summed E-state index contributed by atoms with van der Waals surface area (Å²) in [6.45, 7) is 4.77. The van der Waals surface area contributed by atoms with Gasteiger partial charge in [0, 0.05) is 36.6 Å². The molecule has 0 fully saturated rings. The van der Waals surface area contributed by atoms with Gasteiger partial charge in [0.05, 0.1) is 12.8 Å². The minimum Gasteiger partial charge on any atom is -0.497 e. The number of methoxy groups -OCH3 is 1. The monoisotopic (exact) mass is 322 g/mol. The predicted molar refractivity (Wildman–Crippen MR) is 96.2 cm³/mol. The van der Waals surface area contributed by atoms with Gasteiger partial charge in [-0.3, -0.25) is 9.67 Å². The number of anilines is 1. The van der Waals surface area contributed by atoms with Gasteiger partial charge in [-0.05, 0) is 43.7 Å². The Kier molecular flexibility index (Phi) is 4.51. The first-order valence-electron chi connectivity index (χ1n) is 7.91. The van der Waals surface area contributed by atoms with Crippen molar-refractivity contribution in [3.8, 4) is 17.0 Å². The normalized spacial score (nSPS) is 10.7. The van der Waals surface area contributed by atoms with E-state index >= 15 is 0 Å². The number of nitrogens with one attached hydrogen (secondary N) is 1. The van der Waals surface area contributed by atoms with E-state index in [0.29, 0.717) is 0 Å². The number of aromatic nitrogens is 3. The van der Waals surface area contributed by atoms with Crippen molar-refractivity contribution in [2.75, 3.05) is 12.4 Å². The zero-order valence-corrected chi connectivity index (χ0v) is 14.5. The summed E-state index contributed by atoms with van der Waals surface area (Å²) < 4.78 is 7.14. The molecule has 3 aromatic rings. The third-order valence-corrected chi connectivity index (χ3v) is 3.86. The summed E-state index contributed by atoms with van der Waals surface area (Å²) >= 11 is 0. The van der Waals surface area contributed by atoms with Crippen LogP contribution in [-0.4, -0.2) is 21.9 Å². The molecule has 0 aliphatic carbocycles. The summed E-state index contributed by atoms with van der Waals surface area (Å²) in [5.41, 5.74) is 5.24. The van der Waals surface area contributed by atoms with Gasteiger partial charge in [0.1, 0.15) is 11.6 Å². The molecule has 0 saturated heterocycles. The number of rotatable bonds is 5. The van der Waals surface area contributed by atoms with E-state index in [4.69, 9.17) is 4.74 Å². The minimum atomic E-state index is 0.737. The Hall–Kier alpha value is -2.82. The second-order valence-electron chi connectivity index (χ2n) is 5.88. The molecule has 3 rings (SSSR count). The SMILES string of the molecule is COc1cccc(-c2cc(NCc3cc(C)nc(C)c3)n(C)n2)c1. The number of aryl methyl sites for hydroxylation is 3. The summed E-state index contributed by atoms with van der Waals surface area (Å²) in [7, 11) is 3.61. The van der Waals surface area contributed by atoms with Crippen LogP contribution in [0.15, 0.2) is 42.5 Å². The number of hydrogen-bond acceptors (Lipinski definition) is 4. The third-order valence-electron chi connectivity index (χ3n) is 3.86. The van der Waals surface area contributed by atoms with E-state index in [1.54, 1.807) is 7.11 Å². The standard InChI is InChI=1S/C19H22N4O/c1-13-8-15(9-14(2)21-13)12-20-19-11-18(22-23(19)3)16-6-5-7-17(10-16)24-4/h5-11,20H,12H2,1-4H3. The Balaban J connectivity index is 1.78. The predicted octanol–water partition coefficient (Wildman–Crippen LogP) is 3.72. The largest absolute Gasteiger partial charge is 0.497 e. The molecule has 0 atom stereocenters. The topological polar surface area (TPSA) is 52.0 Å². The lowest BCUT2D eigenvalue weighted by Crippen LogP contribution is -2.05. The molecule has 1 N–H and O–H groups in total. The maximum atomic E-state index is 5.28. The van der Waals surface area contributed by atoms with Crippen LogP contribution in [0.4, 0.5) is 5.82 Å². The van der Waals surface area contributed by atoms with Gasteiger partial charge in [-0.15, -0.1) is 0 Å². The van der Waals surface area contributed by atoms with Crippen molar-refractivity contribution in [3.63, 3.8) is 0 Å². The van der Waals surface area contributed by atoms with E-state index in [1.165, 1.54) is 5.56 Å². The molecule has 0 aliphatic heterocycles. The summed E-state index contributed by atoms with van der Waals surface area (Å²) in [6.07, 6.45) is 0. The molecule has 0 saturated carbocycles. The van der Waals surface area contributed by atoms with Gasteiger partial charge in [-0.25, -0.2) is 0 Å². The summed E-state index contributed by atoms with van der Waals surface area (Å²) in [4.78, 5) is 4.41. The molecule has 0 unspecified atom stereocenters. The van der Waals surface area contributed by atoms with Gasteiger partial charge in [0.2, 0.25) is 0 Å². The molecule has 0 amide bonds. The van der Waals surface area contributed by atoms with E-state index in [-0.39, 0.29) is 0 Å². The molecule has 0 aliphatic rings. The minimum absolute atomic E-state index is 0.737. The molecule has 0 radical (unpaired) electrons. The smallest absolute Gasteiger partial charge is 0.124 e. The van der Waals surface area contributed by atoms with Crippen LogP contribution in [0.3, 0.4) is 0 Å². The lowest BCUT2D eigenvalue weighted by atomic mass is 10.1. The summed E-state index contributed by atoms with van der Waals surface area (Å²) in [5.74, 6) is 1.80. The molecule has 5 nitrogen and oxygen atoms in total. The molecule has 2 heterocycles. The second kappa shape index (κ2) is 6.74. The fourth-order valence-electron chi connectivity index (χ4n) is 2.77. The molecule has 2 aromatic heterocycles. The Bertz CT molecular complexity index is 834. The van der Waals surface area contributed by atoms with Crippen molar-refractivity contribution in [2.24, 2.45) is 7.05 Å². The Morgan fingerprint density at radius 1 is 1.08 bits per heavy atom. The van der Waals surface area contributed by atoms with Crippen LogP contribution >= 0.6 is 0 Å². The van der Waals surface area contributed by atoms with Crippen LogP contribution in [-0.2, 0) is 13.6 Å². The van der Waals surface area contributed by atoms with Gasteiger partial charge in [-0.1, -0.05) is 12.1 Å². The number of ether oxygens (including phenoxy) is 1. The van der Waals surface area contributed by atoms with Crippen molar-refractivity contribution in [1.29, 1.82) is 0 Å². The van der Waals surface area contributed by atoms with Gasteiger partial charge in [0.25, 0.3) is 0 Å². The van der Waals surface area contributed by atoms with Crippen LogP contribution < -0.4 is 10.1 Å². The molecular formula is C19H22N4O. The maximum absolute atomic E-state index is 5.28.